The first-order chi connectivity index (χ1) is 19.0. The summed E-state index contributed by atoms with van der Waals surface area (Å²) in [5.74, 6) is 1.36. The molecule has 13 nitrogen and oxygen atoms in total. The second kappa shape index (κ2) is 10.3. The number of aromatic amines is 1. The van der Waals surface area contributed by atoms with Crippen LogP contribution in [0, 0.1) is 24.2 Å². The second-order valence-corrected chi connectivity index (χ2v) is 9.81. The van der Waals surface area contributed by atoms with E-state index in [0.717, 1.165) is 12.1 Å². The van der Waals surface area contributed by atoms with Crippen molar-refractivity contribution in [3.8, 4) is 11.8 Å². The summed E-state index contributed by atoms with van der Waals surface area (Å²) in [7, 11) is 0. The summed E-state index contributed by atoms with van der Waals surface area (Å²) in [5, 5.41) is 22.2. The van der Waals surface area contributed by atoms with Crippen LogP contribution in [0.5, 0.6) is 0 Å². The van der Waals surface area contributed by atoms with Crippen LogP contribution in [0.3, 0.4) is 0 Å². The van der Waals surface area contributed by atoms with E-state index in [2.05, 4.69) is 35.8 Å². The third kappa shape index (κ3) is 5.00. The number of hydrogen-bond donors (Lipinski definition) is 3. The molecule has 1 saturated heterocycles. The van der Waals surface area contributed by atoms with Gasteiger partial charge in [-0.2, -0.15) is 10.4 Å². The number of nitriles is 1. The number of imidazole rings is 2. The Hall–Kier alpha value is -4.51. The van der Waals surface area contributed by atoms with Crippen LogP contribution in [-0.4, -0.2) is 65.6 Å². The number of H-pyrrole nitrogens is 1. The molecular formula is C25H27FN10O3. The van der Waals surface area contributed by atoms with E-state index in [1.807, 2.05) is 19.2 Å². The van der Waals surface area contributed by atoms with E-state index < -0.39 is 24.5 Å². The normalized spacial score (nSPS) is 21.0. The van der Waals surface area contributed by atoms with Crippen LogP contribution in [0.4, 0.5) is 21.0 Å². The molecule has 14 heteroatoms. The molecule has 39 heavy (non-hydrogen) atoms. The Kier molecular flexibility index (Phi) is 6.57. The predicted octanol–water partition coefficient (Wildman–Crippen LogP) is 3.26. The lowest BCUT2D eigenvalue weighted by Gasteiger charge is -2.25. The average Bonchev–Trinajstić information content (AvgIpc) is 3.69. The number of carbonyl (C=O) groups is 1. The van der Waals surface area contributed by atoms with E-state index in [-0.39, 0.29) is 12.3 Å². The Morgan fingerprint density at radius 3 is 2.97 bits per heavy atom. The number of fused-ring (bicyclic) bond motifs is 1. The van der Waals surface area contributed by atoms with Gasteiger partial charge in [0.15, 0.2) is 29.4 Å². The van der Waals surface area contributed by atoms with Crippen molar-refractivity contribution >= 4 is 23.5 Å². The number of alkyl carbamates (subject to hydrolysis) is 1. The Balaban J connectivity index is 1.13. The summed E-state index contributed by atoms with van der Waals surface area (Å²) in [6.45, 7) is 2.33. The number of ether oxygens (including phenoxy) is 2. The maximum Gasteiger partial charge on any atom is 0.407 e. The first-order valence-corrected chi connectivity index (χ1v) is 12.8. The van der Waals surface area contributed by atoms with Crippen LogP contribution >= 0.6 is 0 Å². The Morgan fingerprint density at radius 2 is 2.23 bits per heavy atom. The average molecular weight is 535 g/mol. The molecule has 0 aromatic carbocycles. The van der Waals surface area contributed by atoms with Gasteiger partial charge in [-0.1, -0.05) is 19.3 Å². The van der Waals surface area contributed by atoms with Crippen molar-refractivity contribution in [2.24, 2.45) is 5.92 Å². The lowest BCUT2D eigenvalue weighted by molar-refractivity contribution is 0.0624. The van der Waals surface area contributed by atoms with Crippen molar-refractivity contribution in [2.45, 2.75) is 51.0 Å². The van der Waals surface area contributed by atoms with Gasteiger partial charge in [0.2, 0.25) is 5.95 Å². The largest absolute Gasteiger partial charge is 0.441 e. The predicted molar refractivity (Wildman–Crippen MR) is 135 cm³/mol. The van der Waals surface area contributed by atoms with E-state index in [0.29, 0.717) is 41.3 Å². The third-order valence-corrected chi connectivity index (χ3v) is 7.11. The molecule has 0 radical (unpaired) electrons. The molecule has 0 unspecified atom stereocenters. The maximum absolute atomic E-state index is 15.1. The highest BCUT2D eigenvalue weighted by molar-refractivity contribution is 5.67. The smallest absolute Gasteiger partial charge is 0.407 e. The van der Waals surface area contributed by atoms with Gasteiger partial charge in [-0.3, -0.25) is 9.50 Å². The monoisotopic (exact) mass is 534 g/mol. The molecule has 6 rings (SSSR count). The first kappa shape index (κ1) is 24.8. The van der Waals surface area contributed by atoms with E-state index in [4.69, 9.17) is 9.47 Å². The van der Waals surface area contributed by atoms with Gasteiger partial charge in [-0.05, 0) is 19.3 Å². The molecule has 1 aliphatic heterocycles. The standard InChI is InChI=1S/C25H27FN10O3/c1-14-10-35(13-30-14)18-9-29-24(36-11-16(8-27)31-23(18)36)32-20-7-17(33-34-20)22-21(26)19(12-38-22)39-25(37)28-6-5-15-3-2-4-15/h7,9-11,13,15,19,21-22H,2-6,12H2,1H3,(H,28,37)(H2,29,32,33,34)/t19-,21-,22-/m0/s1. The van der Waals surface area contributed by atoms with Gasteiger partial charge in [-0.15, -0.1) is 0 Å². The number of amides is 1. The molecule has 2 fully saturated rings. The molecule has 4 aromatic rings. The SMILES string of the molecule is Cc1cn(-c2cnc(Nc3cc([C@@H]4OC[C@H](OC(=O)NCCC5CCC5)[C@@H]4F)[nH]n3)n3cc(C#N)nc23)cn1. The summed E-state index contributed by atoms with van der Waals surface area (Å²) in [6.07, 6.45) is 6.99. The zero-order chi connectivity index (χ0) is 26.9. The van der Waals surface area contributed by atoms with Crippen LogP contribution in [0.2, 0.25) is 0 Å². The van der Waals surface area contributed by atoms with Gasteiger partial charge in [-0.25, -0.2) is 24.1 Å². The van der Waals surface area contributed by atoms with Crippen molar-refractivity contribution in [3.63, 3.8) is 0 Å². The zero-order valence-electron chi connectivity index (χ0n) is 21.2. The Labute approximate surface area is 222 Å². The van der Waals surface area contributed by atoms with E-state index in [1.165, 1.54) is 19.3 Å². The Morgan fingerprint density at radius 1 is 1.36 bits per heavy atom. The zero-order valence-corrected chi connectivity index (χ0v) is 21.2. The molecular weight excluding hydrogens is 507 g/mol. The highest BCUT2D eigenvalue weighted by Crippen LogP contribution is 2.34. The molecule has 1 saturated carbocycles. The fraction of sp³-hybridized carbons (Fsp3) is 0.440. The van der Waals surface area contributed by atoms with Crippen LogP contribution in [0.1, 0.15) is 48.9 Å². The number of hydrogen-bond acceptors (Lipinski definition) is 9. The van der Waals surface area contributed by atoms with Gasteiger partial charge < -0.3 is 24.7 Å². The molecule has 5 heterocycles. The van der Waals surface area contributed by atoms with Crippen molar-refractivity contribution < 1.29 is 18.7 Å². The Bertz CT molecular complexity index is 1530. The second-order valence-electron chi connectivity index (χ2n) is 9.81. The summed E-state index contributed by atoms with van der Waals surface area (Å²) in [6, 6.07) is 3.64. The van der Waals surface area contributed by atoms with Crippen LogP contribution < -0.4 is 10.6 Å². The van der Waals surface area contributed by atoms with E-state index in [9.17, 15) is 10.1 Å². The van der Waals surface area contributed by atoms with Gasteiger partial charge in [0, 0.05) is 18.8 Å². The third-order valence-electron chi connectivity index (χ3n) is 7.11. The molecule has 4 aromatic heterocycles. The fourth-order valence-electron chi connectivity index (χ4n) is 4.78. The van der Waals surface area contributed by atoms with Crippen LogP contribution in [0.15, 0.2) is 31.0 Å². The molecule has 1 amide bonds. The maximum atomic E-state index is 15.1. The molecule has 2 aliphatic rings. The summed E-state index contributed by atoms with van der Waals surface area (Å²) >= 11 is 0. The van der Waals surface area contributed by atoms with Crippen LogP contribution in [-0.2, 0) is 9.47 Å². The molecule has 0 bridgehead atoms. The molecule has 3 N–H and O–H groups in total. The van der Waals surface area contributed by atoms with Gasteiger partial charge in [0.25, 0.3) is 0 Å². The number of rotatable bonds is 8. The van der Waals surface area contributed by atoms with Gasteiger partial charge >= 0.3 is 6.09 Å². The van der Waals surface area contributed by atoms with Crippen LogP contribution in [0.25, 0.3) is 11.3 Å². The van der Waals surface area contributed by atoms with Gasteiger partial charge in [0.1, 0.15) is 17.9 Å². The molecule has 1 aliphatic carbocycles. The number of aryl methyl sites for hydroxylation is 1. The minimum Gasteiger partial charge on any atom is -0.441 e. The summed E-state index contributed by atoms with van der Waals surface area (Å²) in [4.78, 5) is 25.2. The number of halogens is 1. The molecule has 202 valence electrons. The fourth-order valence-corrected chi connectivity index (χ4v) is 4.78. The summed E-state index contributed by atoms with van der Waals surface area (Å²) in [5.41, 5.74) is 2.55. The highest BCUT2D eigenvalue weighted by Gasteiger charge is 2.42. The lowest BCUT2D eigenvalue weighted by Crippen LogP contribution is -2.35. The highest BCUT2D eigenvalue weighted by atomic mass is 19.1. The number of aromatic nitrogens is 7. The van der Waals surface area contributed by atoms with Crippen molar-refractivity contribution in [2.75, 3.05) is 18.5 Å². The minimum absolute atomic E-state index is 0.0625. The number of carbonyl (C=O) groups excluding carboxylic acids is 1. The lowest BCUT2D eigenvalue weighted by atomic mass is 9.83. The quantitative estimate of drug-likeness (QED) is 0.308. The molecule has 0 spiro atoms. The molecule has 3 atom stereocenters. The van der Waals surface area contributed by atoms with Crippen molar-refractivity contribution in [1.29, 1.82) is 5.26 Å². The number of nitrogens with zero attached hydrogens (tertiary/aromatic N) is 7. The first-order valence-electron chi connectivity index (χ1n) is 12.8. The number of alkyl halides is 1. The summed E-state index contributed by atoms with van der Waals surface area (Å²) < 4.78 is 29.4. The van der Waals surface area contributed by atoms with Gasteiger partial charge in [0.05, 0.1) is 36.7 Å². The van der Waals surface area contributed by atoms with Crippen molar-refractivity contribution in [1.82, 2.24) is 39.4 Å². The topological polar surface area (TPSA) is 160 Å². The number of nitrogens with one attached hydrogen (secondary N) is 3. The number of anilines is 2. The minimum atomic E-state index is -1.56. The van der Waals surface area contributed by atoms with E-state index in [1.54, 1.807) is 33.8 Å². The van der Waals surface area contributed by atoms with Crippen molar-refractivity contribution in [3.05, 3.63) is 48.1 Å². The van der Waals surface area contributed by atoms with E-state index >= 15 is 4.39 Å².